The van der Waals surface area contributed by atoms with E-state index >= 15 is 0 Å². The highest BCUT2D eigenvalue weighted by Crippen LogP contribution is 2.39. The average molecular weight is 247 g/mol. The molecule has 0 aliphatic carbocycles. The van der Waals surface area contributed by atoms with E-state index in [1.807, 2.05) is 31.7 Å². The summed E-state index contributed by atoms with van der Waals surface area (Å²) in [6.45, 7) is 5.71. The Morgan fingerprint density at radius 1 is 1.39 bits per heavy atom. The normalized spacial score (nSPS) is 26.8. The van der Waals surface area contributed by atoms with E-state index in [1.165, 1.54) is 5.57 Å². The maximum absolute atomic E-state index is 12.2. The SMILES string of the molecule is C#CC=C1CC2CCC(C1)N2C(=O)OC(C)(C)C. The minimum Gasteiger partial charge on any atom is -0.444 e. The summed E-state index contributed by atoms with van der Waals surface area (Å²) in [7, 11) is 0. The highest BCUT2D eigenvalue weighted by molar-refractivity contribution is 5.70. The van der Waals surface area contributed by atoms with E-state index in [1.54, 1.807) is 0 Å². The lowest BCUT2D eigenvalue weighted by Gasteiger charge is -2.37. The summed E-state index contributed by atoms with van der Waals surface area (Å²) < 4.78 is 5.48. The summed E-state index contributed by atoms with van der Waals surface area (Å²) in [5, 5.41) is 0. The number of terminal acetylenes is 1. The number of amides is 1. The first-order valence-corrected chi connectivity index (χ1v) is 6.56. The second-order valence-electron chi connectivity index (χ2n) is 6.15. The van der Waals surface area contributed by atoms with E-state index < -0.39 is 5.60 Å². The monoisotopic (exact) mass is 247 g/mol. The third kappa shape index (κ3) is 2.69. The molecule has 98 valence electrons. The number of hydrogen-bond acceptors (Lipinski definition) is 2. The first kappa shape index (κ1) is 13.0. The Morgan fingerprint density at radius 3 is 2.39 bits per heavy atom. The first-order valence-electron chi connectivity index (χ1n) is 6.56. The van der Waals surface area contributed by atoms with Crippen LogP contribution in [-0.2, 0) is 4.74 Å². The average Bonchev–Trinajstić information content (AvgIpc) is 2.49. The quantitative estimate of drug-likeness (QED) is 0.616. The number of rotatable bonds is 0. The fraction of sp³-hybridized carbons (Fsp3) is 0.667. The van der Waals surface area contributed by atoms with E-state index in [2.05, 4.69) is 5.92 Å². The number of fused-ring (bicyclic) bond motifs is 2. The maximum Gasteiger partial charge on any atom is 0.410 e. The molecule has 0 aromatic rings. The zero-order valence-corrected chi connectivity index (χ0v) is 11.4. The third-order valence-electron chi connectivity index (χ3n) is 3.51. The molecule has 2 unspecified atom stereocenters. The molecule has 2 saturated heterocycles. The second kappa shape index (κ2) is 4.68. The summed E-state index contributed by atoms with van der Waals surface area (Å²) in [6, 6.07) is 0.552. The minimum atomic E-state index is -0.425. The van der Waals surface area contributed by atoms with Gasteiger partial charge in [-0.15, -0.1) is 6.42 Å². The van der Waals surface area contributed by atoms with Crippen molar-refractivity contribution in [3.05, 3.63) is 11.6 Å². The van der Waals surface area contributed by atoms with Gasteiger partial charge in [0.05, 0.1) is 0 Å². The molecule has 3 heteroatoms. The molecule has 1 amide bonds. The van der Waals surface area contributed by atoms with Crippen LogP contribution < -0.4 is 0 Å². The fourth-order valence-electron chi connectivity index (χ4n) is 2.90. The highest BCUT2D eigenvalue weighted by Gasteiger charge is 2.42. The lowest BCUT2D eigenvalue weighted by molar-refractivity contribution is 0.0115. The number of ether oxygens (including phenoxy) is 1. The molecule has 0 radical (unpaired) electrons. The molecule has 2 aliphatic rings. The van der Waals surface area contributed by atoms with Crippen molar-refractivity contribution in [2.45, 2.75) is 64.1 Å². The van der Waals surface area contributed by atoms with E-state index in [9.17, 15) is 4.79 Å². The predicted molar refractivity (Wildman–Crippen MR) is 71.0 cm³/mol. The van der Waals surface area contributed by atoms with Crippen LogP contribution >= 0.6 is 0 Å². The van der Waals surface area contributed by atoms with Gasteiger partial charge in [0.2, 0.25) is 0 Å². The zero-order chi connectivity index (χ0) is 13.3. The lowest BCUT2D eigenvalue weighted by Crippen LogP contribution is -2.46. The minimum absolute atomic E-state index is 0.172. The number of piperidine rings is 1. The van der Waals surface area contributed by atoms with Gasteiger partial charge in [-0.2, -0.15) is 0 Å². The van der Waals surface area contributed by atoms with Gasteiger partial charge in [-0.05, 0) is 52.5 Å². The standard InChI is InChI=1S/C15H21NO2/c1-5-6-11-9-12-7-8-13(10-11)16(12)14(17)18-15(2,3)4/h1,6,12-13H,7-10H2,2-4H3. The topological polar surface area (TPSA) is 29.5 Å². The Kier molecular flexibility index (Phi) is 3.38. The smallest absolute Gasteiger partial charge is 0.410 e. The molecule has 2 rings (SSSR count). The molecule has 2 bridgehead atoms. The van der Waals surface area contributed by atoms with Crippen molar-refractivity contribution in [1.82, 2.24) is 4.90 Å². The van der Waals surface area contributed by atoms with Crippen molar-refractivity contribution in [2.24, 2.45) is 0 Å². The van der Waals surface area contributed by atoms with Crippen molar-refractivity contribution in [1.29, 1.82) is 0 Å². The van der Waals surface area contributed by atoms with Crippen molar-refractivity contribution in [2.75, 3.05) is 0 Å². The van der Waals surface area contributed by atoms with Gasteiger partial charge in [0, 0.05) is 12.1 Å². The summed E-state index contributed by atoms with van der Waals surface area (Å²) in [6.07, 6.45) is 10.9. The van der Waals surface area contributed by atoms with Crippen LogP contribution in [0.4, 0.5) is 4.79 Å². The van der Waals surface area contributed by atoms with E-state index in [-0.39, 0.29) is 18.2 Å². The van der Waals surface area contributed by atoms with Gasteiger partial charge in [0.1, 0.15) is 5.60 Å². The zero-order valence-electron chi connectivity index (χ0n) is 11.4. The molecule has 2 heterocycles. The van der Waals surface area contributed by atoms with Gasteiger partial charge < -0.3 is 9.64 Å². The van der Waals surface area contributed by atoms with Gasteiger partial charge in [0.25, 0.3) is 0 Å². The van der Waals surface area contributed by atoms with Crippen LogP contribution in [0.15, 0.2) is 11.6 Å². The molecule has 0 aromatic carbocycles. The molecule has 2 fully saturated rings. The Hall–Kier alpha value is -1.43. The molecule has 0 N–H and O–H groups in total. The maximum atomic E-state index is 12.2. The van der Waals surface area contributed by atoms with Crippen LogP contribution in [-0.4, -0.2) is 28.7 Å². The van der Waals surface area contributed by atoms with Crippen LogP contribution in [0.25, 0.3) is 0 Å². The number of carbonyl (C=O) groups excluding carboxylic acids is 1. The van der Waals surface area contributed by atoms with Crippen molar-refractivity contribution < 1.29 is 9.53 Å². The largest absolute Gasteiger partial charge is 0.444 e. The highest BCUT2D eigenvalue weighted by atomic mass is 16.6. The van der Waals surface area contributed by atoms with Gasteiger partial charge in [-0.1, -0.05) is 11.5 Å². The van der Waals surface area contributed by atoms with Gasteiger partial charge in [0.15, 0.2) is 0 Å². The van der Waals surface area contributed by atoms with Crippen LogP contribution in [0.3, 0.4) is 0 Å². The Morgan fingerprint density at radius 2 is 1.94 bits per heavy atom. The number of allylic oxidation sites excluding steroid dienone is 1. The molecule has 0 aromatic heterocycles. The van der Waals surface area contributed by atoms with Crippen LogP contribution in [0.5, 0.6) is 0 Å². The van der Waals surface area contributed by atoms with E-state index in [0.29, 0.717) is 0 Å². The number of hydrogen-bond donors (Lipinski definition) is 0. The Bertz CT molecular complexity index is 395. The molecular weight excluding hydrogens is 226 g/mol. The molecule has 0 spiro atoms. The summed E-state index contributed by atoms with van der Waals surface area (Å²) in [4.78, 5) is 14.1. The van der Waals surface area contributed by atoms with Gasteiger partial charge in [-0.3, -0.25) is 0 Å². The van der Waals surface area contributed by atoms with Crippen LogP contribution in [0.1, 0.15) is 46.5 Å². The molecule has 2 atom stereocenters. The van der Waals surface area contributed by atoms with Crippen molar-refractivity contribution in [3.63, 3.8) is 0 Å². The molecule has 2 aliphatic heterocycles. The van der Waals surface area contributed by atoms with E-state index in [0.717, 1.165) is 25.7 Å². The summed E-state index contributed by atoms with van der Waals surface area (Å²) >= 11 is 0. The van der Waals surface area contributed by atoms with Gasteiger partial charge in [-0.25, -0.2) is 4.79 Å². The second-order valence-corrected chi connectivity index (χ2v) is 6.15. The molecular formula is C15H21NO2. The first-order chi connectivity index (χ1) is 8.40. The van der Waals surface area contributed by atoms with Crippen LogP contribution in [0.2, 0.25) is 0 Å². The number of nitrogens with zero attached hydrogens (tertiary/aromatic N) is 1. The lowest BCUT2D eigenvalue weighted by atomic mass is 9.97. The van der Waals surface area contributed by atoms with Crippen LogP contribution in [0, 0.1) is 12.3 Å². The molecule has 0 saturated carbocycles. The summed E-state index contributed by atoms with van der Waals surface area (Å²) in [5.74, 6) is 2.59. The van der Waals surface area contributed by atoms with Gasteiger partial charge >= 0.3 is 6.09 Å². The van der Waals surface area contributed by atoms with E-state index in [4.69, 9.17) is 11.2 Å². The molecule has 3 nitrogen and oxygen atoms in total. The van der Waals surface area contributed by atoms with Crippen molar-refractivity contribution >= 4 is 6.09 Å². The number of carbonyl (C=O) groups is 1. The Balaban J connectivity index is 2.08. The fourth-order valence-corrected chi connectivity index (χ4v) is 2.90. The predicted octanol–water partition coefficient (Wildman–Crippen LogP) is 3.11. The summed E-state index contributed by atoms with van der Waals surface area (Å²) in [5.41, 5.74) is 0.871. The third-order valence-corrected chi connectivity index (χ3v) is 3.51. The molecule has 18 heavy (non-hydrogen) atoms. The van der Waals surface area contributed by atoms with Crippen molar-refractivity contribution in [3.8, 4) is 12.3 Å². The Labute approximate surface area is 109 Å².